The Balaban J connectivity index is 2.45. The first-order chi connectivity index (χ1) is 11.2. The molecule has 1 aromatic heterocycles. The van der Waals surface area contributed by atoms with E-state index in [0.29, 0.717) is 16.4 Å². The Morgan fingerprint density at radius 2 is 2.12 bits per heavy atom. The number of nitrogens with zero attached hydrogens (tertiary/aromatic N) is 1. The van der Waals surface area contributed by atoms with E-state index < -0.39 is 10.0 Å². The third-order valence-electron chi connectivity index (χ3n) is 2.97. The second-order valence-electron chi connectivity index (χ2n) is 4.88. The number of anilines is 1. The molecule has 0 aliphatic rings. The molecule has 24 heavy (non-hydrogen) atoms. The fourth-order valence-corrected chi connectivity index (χ4v) is 4.53. The first-order valence-corrected chi connectivity index (χ1v) is 9.58. The van der Waals surface area contributed by atoms with Gasteiger partial charge >= 0.3 is 0 Å². The maximum Gasteiger partial charge on any atom is 0.242 e. The summed E-state index contributed by atoms with van der Waals surface area (Å²) in [6.45, 7) is 2.74. The highest BCUT2D eigenvalue weighted by Crippen LogP contribution is 2.35. The quantitative estimate of drug-likeness (QED) is 0.700. The molecule has 130 valence electrons. The average Bonchev–Trinajstić information content (AvgIpc) is 2.85. The smallest absolute Gasteiger partial charge is 0.242 e. The van der Waals surface area contributed by atoms with Crippen LogP contribution in [0, 0.1) is 6.92 Å². The topological polar surface area (TPSA) is 108 Å². The van der Waals surface area contributed by atoms with Gasteiger partial charge in [-0.25, -0.2) is 18.1 Å². The van der Waals surface area contributed by atoms with Crippen LogP contribution in [-0.4, -0.2) is 37.6 Å². The molecule has 1 aromatic carbocycles. The summed E-state index contributed by atoms with van der Waals surface area (Å²) in [5.74, 6) is -0.233. The number of aryl methyl sites for hydroxylation is 1. The number of aliphatic hydroxyl groups excluding tert-OH is 1. The number of benzene rings is 1. The summed E-state index contributed by atoms with van der Waals surface area (Å²) in [6, 6.07) is 4.62. The van der Waals surface area contributed by atoms with Crippen molar-refractivity contribution in [1.82, 2.24) is 9.71 Å². The molecule has 3 N–H and O–H groups in total. The molecule has 0 unspecified atom stereocenters. The summed E-state index contributed by atoms with van der Waals surface area (Å²) in [4.78, 5) is 16.0. The number of nitrogens with one attached hydrogen (secondary N) is 2. The Labute approximate surface area is 148 Å². The summed E-state index contributed by atoms with van der Waals surface area (Å²) >= 11 is 7.25. The predicted octanol–water partition coefficient (Wildman–Crippen LogP) is 2.00. The number of carbonyl (C=O) groups is 1. The SMILES string of the molecule is CC(=O)Nc1nc(C)c(-c2ccc(Cl)c(S(=O)(=O)NCCO)c2)s1. The van der Waals surface area contributed by atoms with Crippen LogP contribution in [0.3, 0.4) is 0 Å². The van der Waals surface area contributed by atoms with Crippen molar-refractivity contribution in [3.63, 3.8) is 0 Å². The van der Waals surface area contributed by atoms with Gasteiger partial charge < -0.3 is 10.4 Å². The molecule has 1 amide bonds. The van der Waals surface area contributed by atoms with E-state index in [2.05, 4.69) is 15.0 Å². The molecule has 0 bridgehead atoms. The van der Waals surface area contributed by atoms with Crippen LogP contribution in [0.1, 0.15) is 12.6 Å². The van der Waals surface area contributed by atoms with Gasteiger partial charge in [0.05, 0.1) is 22.2 Å². The number of thiazole rings is 1. The van der Waals surface area contributed by atoms with Gasteiger partial charge in [0.1, 0.15) is 4.90 Å². The third kappa shape index (κ3) is 4.31. The predicted molar refractivity (Wildman–Crippen MR) is 93.9 cm³/mol. The monoisotopic (exact) mass is 389 g/mol. The van der Waals surface area contributed by atoms with E-state index in [0.717, 1.165) is 4.88 Å². The Hall–Kier alpha value is -1.52. The molecular weight excluding hydrogens is 374 g/mol. The standard InChI is InChI=1S/C14H16ClN3O4S2/c1-8-13(23-14(17-8)18-9(2)20)10-3-4-11(15)12(7-10)24(21,22)16-5-6-19/h3-4,7,16,19H,5-6H2,1-2H3,(H,17,18,20). The van der Waals surface area contributed by atoms with Crippen LogP contribution < -0.4 is 10.0 Å². The fourth-order valence-electron chi connectivity index (χ4n) is 1.98. The molecule has 0 fully saturated rings. The molecule has 0 radical (unpaired) electrons. The minimum Gasteiger partial charge on any atom is -0.395 e. The van der Waals surface area contributed by atoms with Crippen LogP contribution >= 0.6 is 22.9 Å². The summed E-state index contributed by atoms with van der Waals surface area (Å²) in [6.07, 6.45) is 0. The van der Waals surface area contributed by atoms with Crippen LogP contribution in [0.25, 0.3) is 10.4 Å². The van der Waals surface area contributed by atoms with Crippen LogP contribution in [0.5, 0.6) is 0 Å². The first kappa shape index (κ1) is 18.8. The number of aliphatic hydroxyl groups is 1. The molecular formula is C14H16ClN3O4S2. The molecule has 0 aliphatic carbocycles. The van der Waals surface area contributed by atoms with Crippen molar-refractivity contribution in [3.05, 3.63) is 28.9 Å². The van der Waals surface area contributed by atoms with E-state index >= 15 is 0 Å². The zero-order valence-corrected chi connectivity index (χ0v) is 15.3. The Morgan fingerprint density at radius 3 is 2.75 bits per heavy atom. The van der Waals surface area contributed by atoms with Crippen molar-refractivity contribution >= 4 is 44.0 Å². The summed E-state index contributed by atoms with van der Waals surface area (Å²) in [7, 11) is -3.84. The molecule has 10 heteroatoms. The van der Waals surface area contributed by atoms with Crippen molar-refractivity contribution < 1.29 is 18.3 Å². The summed E-state index contributed by atoms with van der Waals surface area (Å²) in [5, 5.41) is 11.9. The van der Waals surface area contributed by atoms with Gasteiger partial charge in [-0.3, -0.25) is 4.79 Å². The van der Waals surface area contributed by atoms with E-state index in [-0.39, 0.29) is 29.0 Å². The molecule has 0 saturated heterocycles. The second kappa shape index (κ2) is 7.58. The van der Waals surface area contributed by atoms with Gasteiger partial charge in [0, 0.05) is 13.5 Å². The number of halogens is 1. The normalized spacial score (nSPS) is 11.5. The number of hydrogen-bond acceptors (Lipinski definition) is 6. The van der Waals surface area contributed by atoms with Crippen LogP contribution in [0.2, 0.25) is 5.02 Å². The number of hydrogen-bond donors (Lipinski definition) is 3. The van der Waals surface area contributed by atoms with Gasteiger partial charge in [-0.05, 0) is 24.6 Å². The fraction of sp³-hybridized carbons (Fsp3) is 0.286. The van der Waals surface area contributed by atoms with Gasteiger partial charge in [-0.1, -0.05) is 29.0 Å². The van der Waals surface area contributed by atoms with E-state index in [1.54, 1.807) is 13.0 Å². The van der Waals surface area contributed by atoms with Gasteiger partial charge in [0.15, 0.2) is 5.13 Å². The Morgan fingerprint density at radius 1 is 1.42 bits per heavy atom. The average molecular weight is 390 g/mol. The van der Waals surface area contributed by atoms with Crippen molar-refractivity contribution in [1.29, 1.82) is 0 Å². The van der Waals surface area contributed by atoms with Gasteiger partial charge in [-0.15, -0.1) is 0 Å². The number of aromatic nitrogens is 1. The molecule has 7 nitrogen and oxygen atoms in total. The highest BCUT2D eigenvalue weighted by molar-refractivity contribution is 7.89. The minimum atomic E-state index is -3.84. The van der Waals surface area contributed by atoms with Crippen LogP contribution in [0.15, 0.2) is 23.1 Å². The van der Waals surface area contributed by atoms with Crippen molar-refractivity contribution in [2.45, 2.75) is 18.7 Å². The molecule has 2 aromatic rings. The molecule has 2 rings (SSSR count). The maximum atomic E-state index is 12.3. The lowest BCUT2D eigenvalue weighted by atomic mass is 10.2. The zero-order chi connectivity index (χ0) is 17.9. The first-order valence-electron chi connectivity index (χ1n) is 6.90. The highest BCUT2D eigenvalue weighted by Gasteiger charge is 2.20. The van der Waals surface area contributed by atoms with Crippen LogP contribution in [-0.2, 0) is 14.8 Å². The third-order valence-corrected chi connectivity index (χ3v) is 6.03. The van der Waals surface area contributed by atoms with Crippen molar-refractivity contribution in [2.24, 2.45) is 0 Å². The molecule has 0 spiro atoms. The second-order valence-corrected chi connectivity index (χ2v) is 8.02. The number of rotatable bonds is 6. The van der Waals surface area contributed by atoms with E-state index in [1.807, 2.05) is 0 Å². The molecule has 0 aliphatic heterocycles. The van der Waals surface area contributed by atoms with E-state index in [1.165, 1.54) is 30.4 Å². The van der Waals surface area contributed by atoms with Crippen molar-refractivity contribution in [2.75, 3.05) is 18.5 Å². The summed E-state index contributed by atoms with van der Waals surface area (Å²) < 4.78 is 26.8. The highest BCUT2D eigenvalue weighted by atomic mass is 35.5. The zero-order valence-electron chi connectivity index (χ0n) is 13.0. The van der Waals surface area contributed by atoms with Crippen LogP contribution in [0.4, 0.5) is 5.13 Å². The van der Waals surface area contributed by atoms with Crippen molar-refractivity contribution in [3.8, 4) is 10.4 Å². The summed E-state index contributed by atoms with van der Waals surface area (Å²) in [5.41, 5.74) is 1.29. The molecule has 0 saturated carbocycles. The lowest BCUT2D eigenvalue weighted by Gasteiger charge is -2.09. The Bertz CT molecular complexity index is 865. The minimum absolute atomic E-state index is 0.0773. The van der Waals surface area contributed by atoms with Gasteiger partial charge in [-0.2, -0.15) is 0 Å². The van der Waals surface area contributed by atoms with Gasteiger partial charge in [0.2, 0.25) is 15.9 Å². The largest absolute Gasteiger partial charge is 0.395 e. The maximum absolute atomic E-state index is 12.3. The lowest BCUT2D eigenvalue weighted by molar-refractivity contribution is -0.114. The number of sulfonamides is 1. The number of amides is 1. The molecule has 1 heterocycles. The van der Waals surface area contributed by atoms with E-state index in [9.17, 15) is 13.2 Å². The van der Waals surface area contributed by atoms with Gasteiger partial charge in [0.25, 0.3) is 0 Å². The molecule has 0 atom stereocenters. The number of carbonyl (C=O) groups excluding carboxylic acids is 1. The van der Waals surface area contributed by atoms with E-state index in [4.69, 9.17) is 16.7 Å². The lowest BCUT2D eigenvalue weighted by Crippen LogP contribution is -2.26. The Kier molecular flexibility index (Phi) is 5.94.